The molecule has 1 nitrogen and oxygen atoms in total. The van der Waals surface area contributed by atoms with E-state index >= 15 is 0 Å². The molecule has 1 aromatic rings. The summed E-state index contributed by atoms with van der Waals surface area (Å²) in [6.07, 6.45) is 3.50. The lowest BCUT2D eigenvalue weighted by Gasteiger charge is -1.81. The van der Waals surface area contributed by atoms with Crippen molar-refractivity contribution in [3.63, 3.8) is 0 Å². The van der Waals surface area contributed by atoms with E-state index in [1.807, 2.05) is 18.2 Å². The van der Waals surface area contributed by atoms with E-state index in [9.17, 15) is 0 Å². The first-order valence-corrected chi connectivity index (χ1v) is 5.87. The quantitative estimate of drug-likeness (QED) is 0.524. The zero-order valence-corrected chi connectivity index (χ0v) is 7.68. The van der Waals surface area contributed by atoms with Crippen LogP contribution in [0.1, 0.15) is 0 Å². The van der Waals surface area contributed by atoms with Gasteiger partial charge in [-0.05, 0) is 32.1 Å². The maximum absolute atomic E-state index is 3.78. The number of pyridine rings is 1. The molecule has 1 aromatic heterocycles. The first kappa shape index (κ1) is 9.58. The van der Waals surface area contributed by atoms with Crippen molar-refractivity contribution in [2.24, 2.45) is 0 Å². The van der Waals surface area contributed by atoms with Crippen molar-refractivity contribution in [3.8, 4) is 0 Å². The van der Waals surface area contributed by atoms with Gasteiger partial charge >= 0.3 is 0 Å². The maximum Gasteiger partial charge on any atom is 0.0267 e. The zero-order valence-electron chi connectivity index (χ0n) is 6.78. The fourth-order valence-corrected chi connectivity index (χ4v) is 0.313. The molecule has 0 atom stereocenters. The van der Waals surface area contributed by atoms with Gasteiger partial charge in [0.25, 0.3) is 0 Å². The molecular formula is C8H14NP. The molecule has 0 amide bonds. The number of rotatable bonds is 0. The van der Waals surface area contributed by atoms with E-state index in [-0.39, 0.29) is 0 Å². The highest BCUT2D eigenvalue weighted by Crippen LogP contribution is 2.14. The molecule has 1 heterocycles. The summed E-state index contributed by atoms with van der Waals surface area (Å²) in [5, 5.41) is 0. The van der Waals surface area contributed by atoms with Crippen molar-refractivity contribution in [1.82, 2.24) is 4.98 Å². The fraction of sp³-hybridized carbons (Fsp3) is 0.375. The lowest BCUT2D eigenvalue weighted by Crippen LogP contribution is -1.58. The molecule has 0 saturated heterocycles. The molecule has 2 heteroatoms. The van der Waals surface area contributed by atoms with Gasteiger partial charge in [0.2, 0.25) is 0 Å². The first-order valence-electron chi connectivity index (χ1n) is 3.19. The lowest BCUT2D eigenvalue weighted by atomic mass is 10.5. The van der Waals surface area contributed by atoms with Gasteiger partial charge in [-0.25, -0.2) is 0 Å². The highest BCUT2D eigenvalue weighted by Gasteiger charge is 1.65. The third-order valence-corrected chi connectivity index (χ3v) is 0.566. The largest absolute Gasteiger partial charge is 0.265 e. The van der Waals surface area contributed by atoms with E-state index in [0.717, 1.165) is 0 Å². The van der Waals surface area contributed by atoms with Gasteiger partial charge in [-0.15, -0.1) is 7.92 Å². The standard InChI is InChI=1S/C5H5N.C3H9P/c1-2-4-6-5-3-1;1-4(2)3/h1-5H;1-3H3. The van der Waals surface area contributed by atoms with Gasteiger partial charge in [0.15, 0.2) is 0 Å². The van der Waals surface area contributed by atoms with Crippen LogP contribution in [0.15, 0.2) is 30.6 Å². The average Bonchev–Trinajstić information content (AvgIpc) is 1.90. The minimum absolute atomic E-state index is 0.380. The minimum atomic E-state index is 0.380. The van der Waals surface area contributed by atoms with Crippen LogP contribution in [-0.4, -0.2) is 25.0 Å². The number of hydrogen-bond donors (Lipinski definition) is 0. The van der Waals surface area contributed by atoms with Crippen molar-refractivity contribution >= 4 is 7.92 Å². The molecule has 10 heavy (non-hydrogen) atoms. The SMILES string of the molecule is CP(C)C.c1ccncc1. The summed E-state index contributed by atoms with van der Waals surface area (Å²) in [7, 11) is 0.380. The molecule has 0 radical (unpaired) electrons. The van der Waals surface area contributed by atoms with Gasteiger partial charge < -0.3 is 0 Å². The molecule has 0 bridgehead atoms. The molecule has 0 aliphatic rings. The minimum Gasteiger partial charge on any atom is -0.265 e. The zero-order chi connectivity index (χ0) is 7.82. The van der Waals surface area contributed by atoms with Crippen molar-refractivity contribution in [3.05, 3.63) is 30.6 Å². The van der Waals surface area contributed by atoms with Crippen LogP contribution in [0.4, 0.5) is 0 Å². The Kier molecular flexibility index (Phi) is 6.42. The van der Waals surface area contributed by atoms with Gasteiger partial charge in [-0.3, -0.25) is 4.98 Å². The Balaban J connectivity index is 0.000000180. The molecule has 1 rings (SSSR count). The third kappa shape index (κ3) is 10.5. The van der Waals surface area contributed by atoms with Crippen LogP contribution in [-0.2, 0) is 0 Å². The van der Waals surface area contributed by atoms with Crippen molar-refractivity contribution in [2.75, 3.05) is 20.0 Å². The van der Waals surface area contributed by atoms with Crippen LogP contribution in [0, 0.1) is 0 Å². The molecule has 56 valence electrons. The summed E-state index contributed by atoms with van der Waals surface area (Å²) < 4.78 is 0. The first-order chi connectivity index (χ1) is 4.73. The smallest absolute Gasteiger partial charge is 0.0267 e. The van der Waals surface area contributed by atoms with Crippen LogP contribution >= 0.6 is 7.92 Å². The lowest BCUT2D eigenvalue weighted by molar-refractivity contribution is 1.33. The molecule has 0 unspecified atom stereocenters. The van der Waals surface area contributed by atoms with Gasteiger partial charge in [0.1, 0.15) is 0 Å². The maximum atomic E-state index is 3.78. The molecule has 0 aliphatic carbocycles. The van der Waals surface area contributed by atoms with Gasteiger partial charge in [0, 0.05) is 12.4 Å². The van der Waals surface area contributed by atoms with Crippen LogP contribution in [0.25, 0.3) is 0 Å². The molecule has 0 spiro atoms. The Morgan fingerprint density at radius 2 is 1.30 bits per heavy atom. The third-order valence-electron chi connectivity index (χ3n) is 0.566. The Morgan fingerprint density at radius 3 is 1.40 bits per heavy atom. The van der Waals surface area contributed by atoms with Crippen LogP contribution in [0.5, 0.6) is 0 Å². The number of hydrogen-bond acceptors (Lipinski definition) is 1. The van der Waals surface area contributed by atoms with E-state index in [1.165, 1.54) is 0 Å². The van der Waals surface area contributed by atoms with Crippen molar-refractivity contribution in [2.45, 2.75) is 0 Å². The highest BCUT2D eigenvalue weighted by atomic mass is 31.1. The second-order valence-electron chi connectivity index (χ2n) is 2.37. The Morgan fingerprint density at radius 1 is 0.900 bits per heavy atom. The monoisotopic (exact) mass is 155 g/mol. The van der Waals surface area contributed by atoms with Gasteiger partial charge in [-0.2, -0.15) is 0 Å². The summed E-state index contributed by atoms with van der Waals surface area (Å²) in [5.41, 5.74) is 0. The van der Waals surface area contributed by atoms with Crippen molar-refractivity contribution in [1.29, 1.82) is 0 Å². The average molecular weight is 155 g/mol. The van der Waals surface area contributed by atoms with Crippen LogP contribution in [0.3, 0.4) is 0 Å². The normalized spacial score (nSPS) is 8.40. The van der Waals surface area contributed by atoms with Crippen LogP contribution in [0.2, 0.25) is 0 Å². The Bertz CT molecular complexity index is 110. The predicted molar refractivity (Wildman–Crippen MR) is 48.9 cm³/mol. The summed E-state index contributed by atoms with van der Waals surface area (Å²) >= 11 is 0. The second kappa shape index (κ2) is 6.70. The molecule has 0 N–H and O–H groups in total. The summed E-state index contributed by atoms with van der Waals surface area (Å²) in [4.78, 5) is 3.78. The van der Waals surface area contributed by atoms with Crippen LogP contribution < -0.4 is 0 Å². The predicted octanol–water partition coefficient (Wildman–Crippen LogP) is 2.44. The van der Waals surface area contributed by atoms with Crippen molar-refractivity contribution < 1.29 is 0 Å². The summed E-state index contributed by atoms with van der Waals surface area (Å²) in [6.45, 7) is 6.69. The van der Waals surface area contributed by atoms with Gasteiger partial charge in [-0.1, -0.05) is 6.07 Å². The van der Waals surface area contributed by atoms with E-state index < -0.39 is 0 Å². The fourth-order valence-electron chi connectivity index (χ4n) is 0.313. The highest BCUT2D eigenvalue weighted by molar-refractivity contribution is 7.55. The summed E-state index contributed by atoms with van der Waals surface area (Å²) in [6, 6.07) is 5.72. The molecule has 0 aliphatic heterocycles. The van der Waals surface area contributed by atoms with E-state index in [4.69, 9.17) is 0 Å². The molecular weight excluding hydrogens is 141 g/mol. The number of aromatic nitrogens is 1. The van der Waals surface area contributed by atoms with Gasteiger partial charge in [0.05, 0.1) is 0 Å². The second-order valence-corrected chi connectivity index (χ2v) is 5.05. The van der Waals surface area contributed by atoms with E-state index in [2.05, 4.69) is 25.0 Å². The Hall–Kier alpha value is -0.420. The topological polar surface area (TPSA) is 12.9 Å². The number of nitrogens with zero attached hydrogens (tertiary/aromatic N) is 1. The summed E-state index contributed by atoms with van der Waals surface area (Å²) in [5.74, 6) is 0. The molecule has 0 aromatic carbocycles. The Labute approximate surface area is 64.3 Å². The molecule has 0 saturated carbocycles. The molecule has 0 fully saturated rings. The van der Waals surface area contributed by atoms with E-state index in [0.29, 0.717) is 7.92 Å². The van der Waals surface area contributed by atoms with E-state index in [1.54, 1.807) is 12.4 Å².